The first kappa shape index (κ1) is 17.2. The van der Waals surface area contributed by atoms with Gasteiger partial charge in [-0.15, -0.1) is 0 Å². The second-order valence-electron chi connectivity index (χ2n) is 6.99. The number of hydrogen-bond acceptors (Lipinski definition) is 4. The lowest BCUT2D eigenvalue weighted by Crippen LogP contribution is -2.32. The van der Waals surface area contributed by atoms with Crippen molar-refractivity contribution in [2.45, 2.75) is 44.9 Å². The summed E-state index contributed by atoms with van der Waals surface area (Å²) in [4.78, 5) is 12.3. The maximum absolute atomic E-state index is 12.3. The molecule has 0 fully saturated rings. The Labute approximate surface area is 153 Å². The molecule has 0 bridgehead atoms. The maximum Gasteiger partial charge on any atom is 0.220 e. The molecule has 0 saturated carbocycles. The molecule has 3 heterocycles. The topological polar surface area (TPSA) is 68.2 Å². The van der Waals surface area contributed by atoms with E-state index in [9.17, 15) is 4.79 Å². The van der Waals surface area contributed by atoms with E-state index in [4.69, 9.17) is 4.74 Å². The predicted molar refractivity (Wildman–Crippen MR) is 98.7 cm³/mol. The molecule has 2 N–H and O–H groups in total. The van der Waals surface area contributed by atoms with Crippen LogP contribution in [0.3, 0.4) is 0 Å². The maximum atomic E-state index is 12.3. The summed E-state index contributed by atoms with van der Waals surface area (Å²) >= 11 is 0. The minimum absolute atomic E-state index is 0.0429. The summed E-state index contributed by atoms with van der Waals surface area (Å²) in [6, 6.07) is 10.4. The quantitative estimate of drug-likeness (QED) is 0.858. The lowest BCUT2D eigenvalue weighted by molar-refractivity contribution is -0.121. The van der Waals surface area contributed by atoms with Gasteiger partial charge < -0.3 is 15.4 Å². The van der Waals surface area contributed by atoms with E-state index in [2.05, 4.69) is 44.7 Å². The molecule has 6 heteroatoms. The third kappa shape index (κ3) is 3.97. The fourth-order valence-corrected chi connectivity index (χ4v) is 3.73. The Kier molecular flexibility index (Phi) is 5.32. The van der Waals surface area contributed by atoms with Crippen molar-refractivity contribution in [2.24, 2.45) is 0 Å². The van der Waals surface area contributed by atoms with Gasteiger partial charge in [0.05, 0.1) is 18.0 Å². The predicted octanol–water partition coefficient (Wildman–Crippen LogP) is 1.74. The summed E-state index contributed by atoms with van der Waals surface area (Å²) in [6.45, 7) is 4.09. The van der Waals surface area contributed by atoms with Gasteiger partial charge in [-0.05, 0) is 36.6 Å². The van der Waals surface area contributed by atoms with Gasteiger partial charge in [0.2, 0.25) is 5.91 Å². The molecular formula is C20H26N4O2. The zero-order valence-corrected chi connectivity index (χ0v) is 15.0. The highest BCUT2D eigenvalue weighted by atomic mass is 16.5. The van der Waals surface area contributed by atoms with E-state index in [1.165, 1.54) is 16.8 Å². The Bertz CT molecular complexity index is 747. The molecule has 2 aliphatic rings. The van der Waals surface area contributed by atoms with E-state index in [0.29, 0.717) is 26.0 Å². The number of rotatable bonds is 5. The van der Waals surface area contributed by atoms with Crippen LogP contribution in [0.4, 0.5) is 0 Å². The first-order valence-electron chi connectivity index (χ1n) is 9.52. The monoisotopic (exact) mass is 354 g/mol. The Morgan fingerprint density at radius 1 is 1.38 bits per heavy atom. The van der Waals surface area contributed by atoms with E-state index in [0.717, 1.165) is 38.2 Å². The Balaban J connectivity index is 1.27. The van der Waals surface area contributed by atoms with Crippen molar-refractivity contribution in [1.29, 1.82) is 0 Å². The zero-order valence-electron chi connectivity index (χ0n) is 15.0. The number of ether oxygens (including phenoxy) is 1. The summed E-state index contributed by atoms with van der Waals surface area (Å²) in [5.41, 5.74) is 4.73. The second-order valence-corrected chi connectivity index (χ2v) is 6.99. The second kappa shape index (κ2) is 8.01. The highest BCUT2D eigenvalue weighted by Crippen LogP contribution is 2.26. The summed E-state index contributed by atoms with van der Waals surface area (Å²) in [5, 5.41) is 11.1. The van der Waals surface area contributed by atoms with Gasteiger partial charge >= 0.3 is 0 Å². The van der Waals surface area contributed by atoms with Gasteiger partial charge in [0.25, 0.3) is 0 Å². The van der Waals surface area contributed by atoms with E-state index in [1.54, 1.807) is 0 Å². The van der Waals surface area contributed by atoms with Crippen LogP contribution < -0.4 is 10.6 Å². The molecule has 4 rings (SSSR count). The average Bonchev–Trinajstić information content (AvgIpc) is 2.93. The normalized spacial score (nSPS) is 19.3. The molecule has 0 aliphatic carbocycles. The fourth-order valence-electron chi connectivity index (χ4n) is 3.73. The molecule has 26 heavy (non-hydrogen) atoms. The van der Waals surface area contributed by atoms with Crippen molar-refractivity contribution in [1.82, 2.24) is 20.4 Å². The lowest BCUT2D eigenvalue weighted by atomic mass is 9.97. The van der Waals surface area contributed by atoms with Crippen molar-refractivity contribution in [2.75, 3.05) is 19.7 Å². The van der Waals surface area contributed by atoms with Crippen LogP contribution in [0.1, 0.15) is 41.5 Å². The molecule has 2 aromatic rings. The van der Waals surface area contributed by atoms with Gasteiger partial charge in [-0.1, -0.05) is 24.3 Å². The van der Waals surface area contributed by atoms with Gasteiger partial charge in [0.15, 0.2) is 0 Å². The largest absolute Gasteiger partial charge is 0.371 e. The van der Waals surface area contributed by atoms with E-state index in [-0.39, 0.29) is 12.0 Å². The van der Waals surface area contributed by atoms with Crippen LogP contribution in [0.25, 0.3) is 0 Å². The first-order valence-corrected chi connectivity index (χ1v) is 9.52. The number of amides is 1. The lowest BCUT2D eigenvalue weighted by Gasteiger charge is -2.26. The highest BCUT2D eigenvalue weighted by Gasteiger charge is 2.21. The van der Waals surface area contributed by atoms with Crippen molar-refractivity contribution >= 4 is 5.91 Å². The Morgan fingerprint density at radius 2 is 2.31 bits per heavy atom. The summed E-state index contributed by atoms with van der Waals surface area (Å²) < 4.78 is 7.92. The van der Waals surface area contributed by atoms with E-state index < -0.39 is 0 Å². The number of carbonyl (C=O) groups is 1. The zero-order chi connectivity index (χ0) is 17.8. The molecule has 0 spiro atoms. The Morgan fingerprint density at radius 3 is 3.27 bits per heavy atom. The van der Waals surface area contributed by atoms with Gasteiger partial charge in [-0.3, -0.25) is 9.48 Å². The van der Waals surface area contributed by atoms with Gasteiger partial charge in [0, 0.05) is 32.5 Å². The molecule has 2 aliphatic heterocycles. The molecule has 6 nitrogen and oxygen atoms in total. The molecule has 138 valence electrons. The molecule has 1 aromatic carbocycles. The highest BCUT2D eigenvalue weighted by molar-refractivity contribution is 5.76. The standard InChI is InChI=1S/C20H26N4O2/c25-20(7-6-16-12-17-13-21-9-3-10-24(17)23-16)22-14-19-18-5-2-1-4-15(18)8-11-26-19/h1-2,4-5,12,19,21H,3,6-11,13-14H2,(H,22,25)/t19-/m0/s1. The van der Waals surface area contributed by atoms with Gasteiger partial charge in [0.1, 0.15) is 6.10 Å². The number of aryl methyl sites for hydroxylation is 2. The molecule has 1 amide bonds. The minimum Gasteiger partial charge on any atom is -0.371 e. The van der Waals surface area contributed by atoms with E-state index >= 15 is 0 Å². The van der Waals surface area contributed by atoms with Crippen LogP contribution >= 0.6 is 0 Å². The van der Waals surface area contributed by atoms with Crippen molar-refractivity contribution in [3.63, 3.8) is 0 Å². The smallest absolute Gasteiger partial charge is 0.220 e. The third-order valence-electron chi connectivity index (χ3n) is 5.13. The van der Waals surface area contributed by atoms with Crippen LogP contribution in [-0.2, 0) is 35.5 Å². The minimum atomic E-state index is -0.0429. The average molecular weight is 354 g/mol. The molecule has 0 unspecified atom stereocenters. The molecule has 0 saturated heterocycles. The van der Waals surface area contributed by atoms with Gasteiger partial charge in [-0.25, -0.2) is 0 Å². The third-order valence-corrected chi connectivity index (χ3v) is 5.13. The van der Waals surface area contributed by atoms with Crippen molar-refractivity contribution in [3.8, 4) is 0 Å². The molecule has 1 atom stereocenters. The van der Waals surface area contributed by atoms with Crippen molar-refractivity contribution < 1.29 is 9.53 Å². The first-order chi connectivity index (χ1) is 12.8. The van der Waals surface area contributed by atoms with Crippen molar-refractivity contribution in [3.05, 3.63) is 52.8 Å². The van der Waals surface area contributed by atoms with Crippen LogP contribution in [0.5, 0.6) is 0 Å². The van der Waals surface area contributed by atoms with Crippen LogP contribution in [-0.4, -0.2) is 35.4 Å². The van der Waals surface area contributed by atoms with Crippen LogP contribution in [0.15, 0.2) is 30.3 Å². The molecular weight excluding hydrogens is 328 g/mol. The number of carbonyl (C=O) groups excluding carboxylic acids is 1. The summed E-state index contributed by atoms with van der Waals surface area (Å²) in [5.74, 6) is 0.0537. The molecule has 0 radical (unpaired) electrons. The number of nitrogens with zero attached hydrogens (tertiary/aromatic N) is 2. The van der Waals surface area contributed by atoms with Crippen LogP contribution in [0.2, 0.25) is 0 Å². The number of benzene rings is 1. The number of nitrogens with one attached hydrogen (secondary N) is 2. The fraction of sp³-hybridized carbons (Fsp3) is 0.500. The SMILES string of the molecule is O=C(CCc1cc2n(n1)CCCNC2)NC[C@@H]1OCCc2ccccc21. The summed E-state index contributed by atoms with van der Waals surface area (Å²) in [7, 11) is 0. The number of hydrogen-bond donors (Lipinski definition) is 2. The van der Waals surface area contributed by atoms with Gasteiger partial charge in [-0.2, -0.15) is 5.10 Å². The van der Waals surface area contributed by atoms with Crippen LogP contribution in [0, 0.1) is 0 Å². The molecule has 1 aromatic heterocycles. The Hall–Kier alpha value is -2.18. The number of aromatic nitrogens is 2. The van der Waals surface area contributed by atoms with E-state index in [1.807, 2.05) is 6.07 Å². The summed E-state index contributed by atoms with van der Waals surface area (Å²) in [6.07, 6.45) is 3.13. The number of fused-ring (bicyclic) bond motifs is 2.